The van der Waals surface area contributed by atoms with Crippen LogP contribution in [-0.4, -0.2) is 14.5 Å². The Morgan fingerprint density at radius 2 is 1.85 bits per heavy atom. The second-order valence-electron chi connectivity index (χ2n) is 4.01. The zero-order chi connectivity index (χ0) is 9.52. The molecule has 2 nitrogen and oxygen atoms in total. The quantitative estimate of drug-likeness (QED) is 0.509. The fourth-order valence-electron chi connectivity index (χ4n) is 2.13. The number of rotatable bonds is 5. The molecule has 1 unspecified atom stereocenters. The maximum Gasteiger partial charge on any atom is 0.0102 e. The molecule has 3 heteroatoms. The van der Waals surface area contributed by atoms with Gasteiger partial charge in [0.1, 0.15) is 0 Å². The molecule has 0 radical (unpaired) electrons. The maximum absolute atomic E-state index is 10.3. The Kier molecular flexibility index (Phi) is 5.63. The molecule has 0 spiro atoms. The van der Waals surface area contributed by atoms with Gasteiger partial charge in [-0.3, -0.25) is 4.21 Å². The van der Waals surface area contributed by atoms with Crippen molar-refractivity contribution in [1.82, 2.24) is 0 Å². The summed E-state index contributed by atoms with van der Waals surface area (Å²) in [5.41, 5.74) is 0. The lowest BCUT2D eigenvalue weighted by Gasteiger charge is -2.21. The second-order valence-corrected chi connectivity index (χ2v) is 5.02. The summed E-state index contributed by atoms with van der Waals surface area (Å²) in [7, 11) is 0. The van der Waals surface area contributed by atoms with Gasteiger partial charge in [-0.15, -0.1) is 0 Å². The van der Waals surface area contributed by atoms with E-state index in [-0.39, 0.29) is 0 Å². The van der Waals surface area contributed by atoms with Crippen molar-refractivity contribution < 1.29 is 8.76 Å². The summed E-state index contributed by atoms with van der Waals surface area (Å²) < 4.78 is 20.5. The van der Waals surface area contributed by atoms with Crippen molar-refractivity contribution in [3.8, 4) is 0 Å². The zero-order valence-corrected chi connectivity index (χ0v) is 8.98. The first kappa shape index (κ1) is 11.2. The van der Waals surface area contributed by atoms with Crippen molar-refractivity contribution in [3.63, 3.8) is 0 Å². The SMILES string of the molecule is O=S([O-])CCCCC1CCCCC1. The minimum atomic E-state index is -1.82. The number of hydrogen-bond acceptors (Lipinski definition) is 2. The van der Waals surface area contributed by atoms with Gasteiger partial charge in [-0.1, -0.05) is 56.0 Å². The van der Waals surface area contributed by atoms with E-state index in [1.54, 1.807) is 0 Å². The second kappa shape index (κ2) is 6.55. The molecule has 0 saturated heterocycles. The minimum Gasteiger partial charge on any atom is -0.772 e. The third kappa shape index (κ3) is 5.42. The van der Waals surface area contributed by atoms with Gasteiger partial charge in [-0.25, -0.2) is 0 Å². The van der Waals surface area contributed by atoms with Crippen LogP contribution in [0.1, 0.15) is 51.4 Å². The summed E-state index contributed by atoms with van der Waals surface area (Å²) in [5.74, 6) is 1.25. The first-order valence-electron chi connectivity index (χ1n) is 5.35. The molecule has 1 aliphatic rings. The van der Waals surface area contributed by atoms with E-state index >= 15 is 0 Å². The van der Waals surface area contributed by atoms with Crippen LogP contribution in [0, 0.1) is 5.92 Å². The zero-order valence-electron chi connectivity index (χ0n) is 8.17. The van der Waals surface area contributed by atoms with Crippen molar-refractivity contribution in [3.05, 3.63) is 0 Å². The van der Waals surface area contributed by atoms with Gasteiger partial charge in [0.25, 0.3) is 0 Å². The number of unbranched alkanes of at least 4 members (excludes halogenated alkanes) is 1. The van der Waals surface area contributed by atoms with Crippen LogP contribution in [0.4, 0.5) is 0 Å². The van der Waals surface area contributed by atoms with Crippen LogP contribution in [0.3, 0.4) is 0 Å². The molecule has 0 bridgehead atoms. The molecule has 0 aromatic carbocycles. The predicted molar refractivity (Wildman–Crippen MR) is 54.2 cm³/mol. The van der Waals surface area contributed by atoms with Crippen molar-refractivity contribution in [2.24, 2.45) is 5.92 Å². The fourth-order valence-corrected chi connectivity index (χ4v) is 2.57. The van der Waals surface area contributed by atoms with Crippen molar-refractivity contribution >= 4 is 11.1 Å². The van der Waals surface area contributed by atoms with Gasteiger partial charge < -0.3 is 4.55 Å². The van der Waals surface area contributed by atoms with Gasteiger partial charge >= 0.3 is 0 Å². The Labute approximate surface area is 83.4 Å². The molecule has 0 N–H and O–H groups in total. The highest BCUT2D eigenvalue weighted by Crippen LogP contribution is 2.27. The molecular weight excluding hydrogens is 184 g/mol. The highest BCUT2D eigenvalue weighted by atomic mass is 32.2. The van der Waals surface area contributed by atoms with Gasteiger partial charge in [0, 0.05) is 5.75 Å². The molecule has 1 saturated carbocycles. The van der Waals surface area contributed by atoms with Crippen LogP contribution in [0.15, 0.2) is 0 Å². The molecule has 0 aromatic rings. The molecule has 78 valence electrons. The monoisotopic (exact) mass is 203 g/mol. The first-order chi connectivity index (χ1) is 6.29. The minimum absolute atomic E-state index is 0.354. The van der Waals surface area contributed by atoms with Crippen molar-refractivity contribution in [2.75, 3.05) is 5.75 Å². The highest BCUT2D eigenvalue weighted by Gasteiger charge is 2.12. The Bertz CT molecular complexity index is 153. The summed E-state index contributed by atoms with van der Waals surface area (Å²) in [5, 5.41) is 0. The van der Waals surface area contributed by atoms with E-state index in [1.165, 1.54) is 38.5 Å². The van der Waals surface area contributed by atoms with Crippen LogP contribution in [0.5, 0.6) is 0 Å². The van der Waals surface area contributed by atoms with Gasteiger partial charge in [0.05, 0.1) is 0 Å². The lowest BCUT2D eigenvalue weighted by Crippen LogP contribution is -2.06. The first-order valence-corrected chi connectivity index (χ1v) is 6.59. The van der Waals surface area contributed by atoms with E-state index in [2.05, 4.69) is 0 Å². The topological polar surface area (TPSA) is 40.1 Å². The summed E-state index contributed by atoms with van der Waals surface area (Å²) in [4.78, 5) is 0. The average molecular weight is 203 g/mol. The molecule has 0 aliphatic heterocycles. The van der Waals surface area contributed by atoms with Crippen molar-refractivity contribution in [1.29, 1.82) is 0 Å². The summed E-state index contributed by atoms with van der Waals surface area (Å²) in [6.07, 6.45) is 10.1. The van der Waals surface area contributed by atoms with Gasteiger partial charge in [-0.2, -0.15) is 0 Å². The van der Waals surface area contributed by atoms with Crippen LogP contribution < -0.4 is 0 Å². The standard InChI is InChI=1S/C10H20O2S/c11-13(12)9-5-4-8-10-6-2-1-3-7-10/h10H,1-9H2,(H,11,12)/p-1. The van der Waals surface area contributed by atoms with Crippen LogP contribution >= 0.6 is 0 Å². The molecule has 13 heavy (non-hydrogen) atoms. The summed E-state index contributed by atoms with van der Waals surface area (Å²) >= 11 is -1.82. The Hall–Kier alpha value is 0.110. The van der Waals surface area contributed by atoms with Crippen LogP contribution in [-0.2, 0) is 11.1 Å². The molecule has 0 aromatic heterocycles. The summed E-state index contributed by atoms with van der Waals surface area (Å²) in [6, 6.07) is 0. The number of hydrogen-bond donors (Lipinski definition) is 0. The molecule has 0 heterocycles. The smallest absolute Gasteiger partial charge is 0.0102 e. The predicted octanol–water partition coefficient (Wildman–Crippen LogP) is 2.62. The highest BCUT2D eigenvalue weighted by molar-refractivity contribution is 7.79. The molecule has 0 amide bonds. The van der Waals surface area contributed by atoms with Gasteiger partial charge in [0.2, 0.25) is 0 Å². The maximum atomic E-state index is 10.3. The molecular formula is C10H19O2S-. The van der Waals surface area contributed by atoms with Crippen LogP contribution in [0.2, 0.25) is 0 Å². The third-order valence-corrected chi connectivity index (χ3v) is 3.52. The lowest BCUT2D eigenvalue weighted by atomic mass is 9.86. The average Bonchev–Trinajstić information content (AvgIpc) is 2.14. The molecule has 1 fully saturated rings. The Morgan fingerprint density at radius 3 is 2.46 bits per heavy atom. The van der Waals surface area contributed by atoms with E-state index in [1.807, 2.05) is 0 Å². The lowest BCUT2D eigenvalue weighted by molar-refractivity contribution is 0.331. The van der Waals surface area contributed by atoms with E-state index in [0.717, 1.165) is 18.8 Å². The van der Waals surface area contributed by atoms with Gasteiger partial charge in [-0.05, 0) is 12.3 Å². The van der Waals surface area contributed by atoms with Gasteiger partial charge in [0.15, 0.2) is 0 Å². The van der Waals surface area contributed by atoms with E-state index in [9.17, 15) is 8.76 Å². The summed E-state index contributed by atoms with van der Waals surface area (Å²) in [6.45, 7) is 0. The van der Waals surface area contributed by atoms with Crippen molar-refractivity contribution in [2.45, 2.75) is 51.4 Å². The fraction of sp³-hybridized carbons (Fsp3) is 1.00. The third-order valence-electron chi connectivity index (χ3n) is 2.90. The van der Waals surface area contributed by atoms with E-state index < -0.39 is 11.1 Å². The Balaban J connectivity index is 1.95. The van der Waals surface area contributed by atoms with E-state index in [0.29, 0.717) is 5.75 Å². The molecule has 1 aliphatic carbocycles. The molecule has 1 rings (SSSR count). The Morgan fingerprint density at radius 1 is 1.15 bits per heavy atom. The van der Waals surface area contributed by atoms with Crippen LogP contribution in [0.25, 0.3) is 0 Å². The van der Waals surface area contributed by atoms with E-state index in [4.69, 9.17) is 0 Å². The molecule has 1 atom stereocenters. The normalized spacial score (nSPS) is 21.6. The largest absolute Gasteiger partial charge is 0.772 e.